The van der Waals surface area contributed by atoms with Crippen molar-refractivity contribution in [3.63, 3.8) is 0 Å². The van der Waals surface area contributed by atoms with Crippen LogP contribution in [0, 0.1) is 0 Å². The molecular formula is C16H28N2O. The Labute approximate surface area is 117 Å². The summed E-state index contributed by atoms with van der Waals surface area (Å²) in [4.78, 5) is 2.40. The minimum Gasteiger partial charge on any atom is -0.383 e. The minimum absolute atomic E-state index is 0.593. The lowest BCUT2D eigenvalue weighted by atomic mass is 10.0. The van der Waals surface area contributed by atoms with Gasteiger partial charge in [0.25, 0.3) is 0 Å². The molecule has 0 aliphatic carbocycles. The molecule has 0 heterocycles. The molecule has 0 radical (unpaired) electrons. The van der Waals surface area contributed by atoms with Gasteiger partial charge in [0, 0.05) is 20.2 Å². The van der Waals surface area contributed by atoms with Crippen molar-refractivity contribution in [2.45, 2.75) is 32.7 Å². The van der Waals surface area contributed by atoms with Gasteiger partial charge in [0.1, 0.15) is 0 Å². The van der Waals surface area contributed by atoms with Crippen molar-refractivity contribution in [2.24, 2.45) is 5.73 Å². The minimum atomic E-state index is 0.593. The monoisotopic (exact) mass is 264 g/mol. The van der Waals surface area contributed by atoms with E-state index in [2.05, 4.69) is 43.0 Å². The van der Waals surface area contributed by atoms with Crippen LogP contribution in [0.5, 0.6) is 0 Å². The van der Waals surface area contributed by atoms with Crippen LogP contribution in [0.1, 0.15) is 37.3 Å². The predicted molar refractivity (Wildman–Crippen MR) is 81.4 cm³/mol. The van der Waals surface area contributed by atoms with Crippen molar-refractivity contribution in [1.29, 1.82) is 0 Å². The van der Waals surface area contributed by atoms with Gasteiger partial charge in [0.05, 0.1) is 6.61 Å². The predicted octanol–water partition coefficient (Wildman–Crippen LogP) is 2.61. The third-order valence-corrected chi connectivity index (χ3v) is 3.34. The highest BCUT2D eigenvalue weighted by Gasteiger charge is 2.06. The van der Waals surface area contributed by atoms with E-state index in [0.717, 1.165) is 39.2 Å². The zero-order valence-corrected chi connectivity index (χ0v) is 12.6. The quantitative estimate of drug-likeness (QED) is 0.745. The number of hydrogen-bond acceptors (Lipinski definition) is 3. The van der Waals surface area contributed by atoms with E-state index in [1.165, 1.54) is 11.1 Å². The number of rotatable bonds is 9. The van der Waals surface area contributed by atoms with Crippen LogP contribution in [0.15, 0.2) is 24.3 Å². The van der Waals surface area contributed by atoms with E-state index in [-0.39, 0.29) is 0 Å². The fourth-order valence-electron chi connectivity index (χ4n) is 2.07. The molecule has 0 saturated carbocycles. The van der Waals surface area contributed by atoms with E-state index in [1.54, 1.807) is 7.11 Å². The first kappa shape index (κ1) is 16.2. The third-order valence-electron chi connectivity index (χ3n) is 3.34. The number of methoxy groups -OCH3 is 1. The Hall–Kier alpha value is -0.900. The maximum absolute atomic E-state index is 5.59. The van der Waals surface area contributed by atoms with Crippen LogP contribution in [-0.4, -0.2) is 38.3 Å². The highest BCUT2D eigenvalue weighted by molar-refractivity contribution is 5.24. The van der Waals surface area contributed by atoms with E-state index >= 15 is 0 Å². The van der Waals surface area contributed by atoms with Crippen LogP contribution < -0.4 is 5.73 Å². The number of hydrogen-bond donors (Lipinski definition) is 1. The van der Waals surface area contributed by atoms with Crippen LogP contribution in [0.3, 0.4) is 0 Å². The zero-order chi connectivity index (χ0) is 14.1. The normalized spacial score (nSPS) is 11.5. The van der Waals surface area contributed by atoms with E-state index in [9.17, 15) is 0 Å². The van der Waals surface area contributed by atoms with Gasteiger partial charge in [-0.2, -0.15) is 0 Å². The van der Waals surface area contributed by atoms with Crippen molar-refractivity contribution >= 4 is 0 Å². The summed E-state index contributed by atoms with van der Waals surface area (Å²) in [6.07, 6.45) is 1.04. The van der Waals surface area contributed by atoms with Crippen LogP contribution >= 0.6 is 0 Å². The van der Waals surface area contributed by atoms with Crippen molar-refractivity contribution in [3.05, 3.63) is 35.4 Å². The average molecular weight is 264 g/mol. The lowest BCUT2D eigenvalue weighted by molar-refractivity contribution is 0.143. The summed E-state index contributed by atoms with van der Waals surface area (Å²) in [5.41, 5.74) is 8.35. The van der Waals surface area contributed by atoms with Crippen LogP contribution in [0.4, 0.5) is 0 Å². The summed E-state index contributed by atoms with van der Waals surface area (Å²) in [5.74, 6) is 0.593. The Bertz CT molecular complexity index is 327. The molecule has 0 aromatic heterocycles. The summed E-state index contributed by atoms with van der Waals surface area (Å²) >= 11 is 0. The Morgan fingerprint density at radius 1 is 1.16 bits per heavy atom. The highest BCUT2D eigenvalue weighted by atomic mass is 16.5. The maximum atomic E-state index is 5.59. The molecule has 0 fully saturated rings. The van der Waals surface area contributed by atoms with Crippen LogP contribution in [0.2, 0.25) is 0 Å². The molecule has 0 bridgehead atoms. The van der Waals surface area contributed by atoms with Gasteiger partial charge in [-0.05, 0) is 36.6 Å². The lowest BCUT2D eigenvalue weighted by Crippen LogP contribution is -2.29. The first-order valence-electron chi connectivity index (χ1n) is 7.17. The van der Waals surface area contributed by atoms with Gasteiger partial charge in [-0.1, -0.05) is 38.1 Å². The molecule has 0 aliphatic heterocycles. The molecule has 2 N–H and O–H groups in total. The second-order valence-electron chi connectivity index (χ2n) is 5.31. The number of nitrogens with two attached hydrogens (primary N) is 1. The van der Waals surface area contributed by atoms with Gasteiger partial charge in [-0.3, -0.25) is 4.90 Å². The molecule has 108 valence electrons. The molecule has 0 amide bonds. The highest BCUT2D eigenvalue weighted by Crippen LogP contribution is 2.15. The Kier molecular flexibility index (Phi) is 7.72. The van der Waals surface area contributed by atoms with Gasteiger partial charge < -0.3 is 10.5 Å². The maximum Gasteiger partial charge on any atom is 0.0589 e. The molecule has 0 spiro atoms. The van der Waals surface area contributed by atoms with Crippen LogP contribution in [0.25, 0.3) is 0 Å². The smallest absolute Gasteiger partial charge is 0.0589 e. The molecule has 0 saturated heterocycles. The third kappa shape index (κ3) is 6.19. The van der Waals surface area contributed by atoms with Crippen molar-refractivity contribution in [1.82, 2.24) is 4.90 Å². The number of ether oxygens (including phenoxy) is 1. The summed E-state index contributed by atoms with van der Waals surface area (Å²) in [6.45, 7) is 8.93. The molecule has 1 aromatic carbocycles. The van der Waals surface area contributed by atoms with E-state index in [4.69, 9.17) is 10.5 Å². The number of nitrogens with zero attached hydrogens (tertiary/aromatic N) is 1. The Morgan fingerprint density at radius 3 is 2.37 bits per heavy atom. The molecule has 1 rings (SSSR count). The van der Waals surface area contributed by atoms with Gasteiger partial charge in [0.15, 0.2) is 0 Å². The largest absolute Gasteiger partial charge is 0.383 e. The average Bonchev–Trinajstić information content (AvgIpc) is 2.42. The second-order valence-corrected chi connectivity index (χ2v) is 5.31. The molecular weight excluding hydrogens is 236 g/mol. The summed E-state index contributed by atoms with van der Waals surface area (Å²) in [5, 5.41) is 0. The molecule has 0 aliphatic rings. The summed E-state index contributed by atoms with van der Waals surface area (Å²) in [6, 6.07) is 8.93. The molecule has 3 heteroatoms. The van der Waals surface area contributed by atoms with E-state index in [0.29, 0.717) is 5.92 Å². The number of benzene rings is 1. The topological polar surface area (TPSA) is 38.5 Å². The fraction of sp³-hybridized carbons (Fsp3) is 0.625. The summed E-state index contributed by atoms with van der Waals surface area (Å²) in [7, 11) is 1.75. The lowest BCUT2D eigenvalue weighted by Gasteiger charge is -2.22. The molecule has 1 aromatic rings. The first-order valence-corrected chi connectivity index (χ1v) is 7.17. The van der Waals surface area contributed by atoms with E-state index < -0.39 is 0 Å². The van der Waals surface area contributed by atoms with Crippen LogP contribution in [-0.2, 0) is 11.3 Å². The standard InChI is InChI=1S/C16H28N2O/c1-14(2)16-7-5-15(6-8-16)13-18(10-4-9-17)11-12-19-3/h5-8,14H,4,9-13,17H2,1-3H3. The second kappa shape index (κ2) is 9.08. The van der Waals surface area contributed by atoms with Gasteiger partial charge in [-0.25, -0.2) is 0 Å². The Morgan fingerprint density at radius 2 is 1.84 bits per heavy atom. The van der Waals surface area contributed by atoms with Crippen molar-refractivity contribution < 1.29 is 4.74 Å². The van der Waals surface area contributed by atoms with Crippen molar-refractivity contribution in [2.75, 3.05) is 33.4 Å². The summed E-state index contributed by atoms with van der Waals surface area (Å²) < 4.78 is 5.17. The SMILES string of the molecule is COCCN(CCCN)Cc1ccc(C(C)C)cc1. The molecule has 3 nitrogen and oxygen atoms in total. The van der Waals surface area contributed by atoms with Crippen molar-refractivity contribution in [3.8, 4) is 0 Å². The molecule has 0 unspecified atom stereocenters. The van der Waals surface area contributed by atoms with Gasteiger partial charge in [-0.15, -0.1) is 0 Å². The first-order chi connectivity index (χ1) is 9.17. The Balaban J connectivity index is 2.56. The van der Waals surface area contributed by atoms with Gasteiger partial charge >= 0.3 is 0 Å². The van der Waals surface area contributed by atoms with E-state index in [1.807, 2.05) is 0 Å². The fourth-order valence-corrected chi connectivity index (χ4v) is 2.07. The molecule has 0 atom stereocenters. The zero-order valence-electron chi connectivity index (χ0n) is 12.6. The van der Waals surface area contributed by atoms with Gasteiger partial charge in [0.2, 0.25) is 0 Å². The molecule has 19 heavy (non-hydrogen) atoms.